The Bertz CT molecular complexity index is 2890. The van der Waals surface area contributed by atoms with Gasteiger partial charge in [-0.15, -0.1) is 0 Å². The molecule has 0 fully saturated rings. The smallest absolute Gasteiger partial charge is 0.137 e. The molecule has 7 aromatic carbocycles. The van der Waals surface area contributed by atoms with Crippen molar-refractivity contribution in [2.75, 3.05) is 5.32 Å². The van der Waals surface area contributed by atoms with Crippen molar-refractivity contribution in [2.45, 2.75) is 24.5 Å². The predicted octanol–water partition coefficient (Wildman–Crippen LogP) is 13.0. The molecule has 1 aliphatic heterocycles. The van der Waals surface area contributed by atoms with E-state index in [-0.39, 0.29) is 12.1 Å². The molecule has 11 rings (SSSR count). The first-order chi connectivity index (χ1) is 26.2. The van der Waals surface area contributed by atoms with Crippen LogP contribution in [0.25, 0.3) is 71.3 Å². The van der Waals surface area contributed by atoms with Gasteiger partial charge in [-0.1, -0.05) is 140 Å². The Hall–Kier alpha value is -6.58. The second kappa shape index (κ2) is 12.0. The van der Waals surface area contributed by atoms with Crippen LogP contribution < -0.4 is 10.1 Å². The van der Waals surface area contributed by atoms with Crippen LogP contribution in [0.3, 0.4) is 0 Å². The second-order valence-corrected chi connectivity index (χ2v) is 14.4. The Labute approximate surface area is 307 Å². The fraction of sp³-hybridized carbons (Fsp3) is 0.0800. The van der Waals surface area contributed by atoms with Crippen LogP contribution in [0.2, 0.25) is 0 Å². The molecule has 0 spiro atoms. The third-order valence-electron chi connectivity index (χ3n) is 11.3. The van der Waals surface area contributed by atoms with E-state index >= 15 is 0 Å². The van der Waals surface area contributed by atoms with Crippen LogP contribution in [0.1, 0.15) is 23.5 Å². The average Bonchev–Trinajstić information content (AvgIpc) is 3.80. The molecule has 2 aliphatic carbocycles. The summed E-state index contributed by atoms with van der Waals surface area (Å²) in [5.41, 5.74) is 11.3. The lowest BCUT2D eigenvalue weighted by atomic mass is 9.90. The van der Waals surface area contributed by atoms with Crippen molar-refractivity contribution in [3.8, 4) is 28.0 Å². The second-order valence-electron chi connectivity index (χ2n) is 14.4. The van der Waals surface area contributed by atoms with E-state index in [2.05, 4.69) is 181 Å². The summed E-state index contributed by atoms with van der Waals surface area (Å²) in [5, 5.41) is 11.2. The number of rotatable bonds is 5. The van der Waals surface area contributed by atoms with Gasteiger partial charge in [0.25, 0.3) is 0 Å². The molecular formula is C50H35NO2. The highest BCUT2D eigenvalue weighted by Crippen LogP contribution is 2.44. The lowest BCUT2D eigenvalue weighted by Crippen LogP contribution is -2.17. The fourth-order valence-electron chi connectivity index (χ4n) is 8.71. The number of hydrogen-bond acceptors (Lipinski definition) is 3. The van der Waals surface area contributed by atoms with Crippen molar-refractivity contribution in [2.24, 2.45) is 0 Å². The van der Waals surface area contributed by atoms with Gasteiger partial charge in [-0.25, -0.2) is 0 Å². The maximum Gasteiger partial charge on any atom is 0.137 e. The summed E-state index contributed by atoms with van der Waals surface area (Å²) in [5.74, 6) is 1.31. The van der Waals surface area contributed by atoms with Gasteiger partial charge in [-0.3, -0.25) is 0 Å². The lowest BCUT2D eigenvalue weighted by Gasteiger charge is -2.20. The lowest BCUT2D eigenvalue weighted by molar-refractivity contribution is 0.269. The molecule has 3 aliphatic rings. The van der Waals surface area contributed by atoms with Crippen molar-refractivity contribution < 1.29 is 9.15 Å². The van der Waals surface area contributed by atoms with Gasteiger partial charge in [0.05, 0.1) is 5.39 Å². The van der Waals surface area contributed by atoms with Crippen molar-refractivity contribution >= 4 is 54.7 Å². The Morgan fingerprint density at radius 2 is 1.30 bits per heavy atom. The van der Waals surface area contributed by atoms with Crippen LogP contribution in [0.5, 0.6) is 5.75 Å². The van der Waals surface area contributed by atoms with E-state index in [0.29, 0.717) is 5.92 Å². The molecular weight excluding hydrogens is 647 g/mol. The maximum absolute atomic E-state index is 6.48. The molecule has 1 N–H and O–H groups in total. The number of fused-ring (bicyclic) bond motifs is 9. The molecule has 0 radical (unpaired) electrons. The van der Waals surface area contributed by atoms with Crippen LogP contribution in [0.15, 0.2) is 180 Å². The molecule has 2 heterocycles. The van der Waals surface area contributed by atoms with Gasteiger partial charge in [0.1, 0.15) is 23.0 Å². The molecule has 3 heteroatoms. The number of hydrogen-bond donors (Lipinski definition) is 1. The van der Waals surface area contributed by atoms with Crippen molar-refractivity contribution in [3.63, 3.8) is 0 Å². The SMILES string of the molecule is C1=CC2Oc3cc(C4=CCC(Nc5cccc6oc7cccc(-c8ccc(-c9cc%10ccccc%10c%10ccccc9%10)cc8)c7c56)C=C4)ccc3C2C=C1. The number of benzene rings is 7. The minimum Gasteiger partial charge on any atom is -0.485 e. The van der Waals surface area contributed by atoms with Crippen LogP contribution in [-0.4, -0.2) is 12.1 Å². The van der Waals surface area contributed by atoms with Crippen LogP contribution in [0.4, 0.5) is 5.69 Å². The van der Waals surface area contributed by atoms with Crippen molar-refractivity contribution in [1.82, 2.24) is 0 Å². The summed E-state index contributed by atoms with van der Waals surface area (Å²) < 4.78 is 12.8. The zero-order valence-corrected chi connectivity index (χ0v) is 29.0. The molecule has 8 aromatic rings. The maximum atomic E-state index is 6.48. The first kappa shape index (κ1) is 30.1. The first-order valence-corrected chi connectivity index (χ1v) is 18.5. The molecule has 0 amide bonds. The summed E-state index contributed by atoms with van der Waals surface area (Å²) >= 11 is 0. The highest BCUT2D eigenvalue weighted by molar-refractivity contribution is 6.17. The van der Waals surface area contributed by atoms with Gasteiger partial charge in [-0.05, 0) is 97.8 Å². The Kier molecular flexibility index (Phi) is 6.81. The molecule has 252 valence electrons. The summed E-state index contributed by atoms with van der Waals surface area (Å²) in [4.78, 5) is 0. The third kappa shape index (κ3) is 4.96. The minimum absolute atomic E-state index is 0.104. The number of anilines is 1. The van der Waals surface area contributed by atoms with Crippen LogP contribution >= 0.6 is 0 Å². The number of nitrogens with one attached hydrogen (secondary N) is 1. The third-order valence-corrected chi connectivity index (χ3v) is 11.3. The quantitative estimate of drug-likeness (QED) is 0.184. The first-order valence-electron chi connectivity index (χ1n) is 18.5. The highest BCUT2D eigenvalue weighted by atomic mass is 16.5. The van der Waals surface area contributed by atoms with E-state index in [9.17, 15) is 0 Å². The molecule has 0 bridgehead atoms. The number of furan rings is 1. The molecule has 3 nitrogen and oxygen atoms in total. The Morgan fingerprint density at radius 3 is 2.15 bits per heavy atom. The fourth-order valence-corrected chi connectivity index (χ4v) is 8.71. The molecule has 0 saturated carbocycles. The normalized spacial score (nSPS) is 18.7. The highest BCUT2D eigenvalue weighted by Gasteiger charge is 2.32. The van der Waals surface area contributed by atoms with Gasteiger partial charge in [-0.2, -0.15) is 0 Å². The van der Waals surface area contributed by atoms with E-state index in [1.165, 1.54) is 49.4 Å². The van der Waals surface area contributed by atoms with Gasteiger partial charge in [0, 0.05) is 28.6 Å². The summed E-state index contributed by atoms with van der Waals surface area (Å²) in [6.07, 6.45) is 16.4. The van der Waals surface area contributed by atoms with Gasteiger partial charge < -0.3 is 14.5 Å². The standard InChI is InChI=1S/C50H35NO2/c1-2-10-37-35(9-1)29-43(40-12-4-3-11-39(37)40)33-21-19-32(20-22-33)38-14-7-17-46-49(38)50-44(15-8-18-47(50)53-46)51-36-26-23-31(24-27-36)34-25-28-42-41-13-5-6-16-45(41)52-48(42)30-34/h1-26,28-30,36,41,45,51H,27H2. The summed E-state index contributed by atoms with van der Waals surface area (Å²) in [6, 6.07) is 48.3. The van der Waals surface area contributed by atoms with Crippen molar-refractivity contribution in [1.29, 1.82) is 0 Å². The summed E-state index contributed by atoms with van der Waals surface area (Å²) in [6.45, 7) is 0. The van der Waals surface area contributed by atoms with Gasteiger partial charge in [0.15, 0.2) is 0 Å². The molecule has 0 saturated heterocycles. The largest absolute Gasteiger partial charge is 0.485 e. The van der Waals surface area contributed by atoms with E-state index in [4.69, 9.17) is 9.15 Å². The zero-order valence-electron chi connectivity index (χ0n) is 29.0. The Balaban J connectivity index is 0.905. The van der Waals surface area contributed by atoms with E-state index in [1.54, 1.807) is 0 Å². The number of allylic oxidation sites excluding steroid dienone is 4. The van der Waals surface area contributed by atoms with Gasteiger partial charge in [0.2, 0.25) is 0 Å². The number of ether oxygens (including phenoxy) is 1. The molecule has 1 aromatic heterocycles. The molecule has 53 heavy (non-hydrogen) atoms. The van der Waals surface area contributed by atoms with Crippen LogP contribution in [0, 0.1) is 0 Å². The Morgan fingerprint density at radius 1 is 0.566 bits per heavy atom. The van der Waals surface area contributed by atoms with Crippen LogP contribution in [-0.2, 0) is 0 Å². The topological polar surface area (TPSA) is 34.4 Å². The van der Waals surface area contributed by atoms with E-state index < -0.39 is 0 Å². The predicted molar refractivity (Wildman–Crippen MR) is 221 cm³/mol. The molecule has 3 unspecified atom stereocenters. The monoisotopic (exact) mass is 681 g/mol. The molecule has 3 atom stereocenters. The zero-order chi connectivity index (χ0) is 34.9. The van der Waals surface area contributed by atoms with Gasteiger partial charge >= 0.3 is 0 Å². The van der Waals surface area contributed by atoms with E-state index in [0.717, 1.165) is 50.9 Å². The minimum atomic E-state index is 0.104. The van der Waals surface area contributed by atoms with Crippen molar-refractivity contribution in [3.05, 3.63) is 187 Å². The summed E-state index contributed by atoms with van der Waals surface area (Å²) in [7, 11) is 0. The average molecular weight is 682 g/mol. The van der Waals surface area contributed by atoms with E-state index in [1.807, 2.05) is 0 Å².